The molecule has 0 saturated heterocycles. The minimum atomic E-state index is -0.158. The van der Waals surface area contributed by atoms with E-state index in [2.05, 4.69) is 28.2 Å². The summed E-state index contributed by atoms with van der Waals surface area (Å²) in [6.45, 7) is 2.06. The fourth-order valence-electron chi connectivity index (χ4n) is 2.41. The molecule has 2 rings (SSSR count). The quantitative estimate of drug-likeness (QED) is 0.740. The Kier molecular flexibility index (Phi) is 5.79. The maximum atomic E-state index is 10.1. The summed E-state index contributed by atoms with van der Waals surface area (Å²) in [7, 11) is 0. The highest BCUT2D eigenvalue weighted by Gasteiger charge is 2.19. The Morgan fingerprint density at radius 2 is 1.81 bits per heavy atom. The summed E-state index contributed by atoms with van der Waals surface area (Å²) in [6.07, 6.45) is 0.813. The van der Waals surface area contributed by atoms with E-state index in [1.165, 1.54) is 0 Å². The van der Waals surface area contributed by atoms with Gasteiger partial charge in [0.2, 0.25) is 0 Å². The maximum absolute atomic E-state index is 10.1. The normalized spacial score (nSPS) is 13.9. The van der Waals surface area contributed by atoms with Gasteiger partial charge in [-0.1, -0.05) is 53.2 Å². The predicted octanol–water partition coefficient (Wildman–Crippen LogP) is 3.93. The molecule has 112 valence electrons. The second kappa shape index (κ2) is 7.59. The molecule has 0 radical (unpaired) electrons. The highest BCUT2D eigenvalue weighted by atomic mass is 79.9. The summed E-state index contributed by atoms with van der Waals surface area (Å²) in [5.74, 6) is 0.266. The molecule has 0 fully saturated rings. The number of phenols is 1. The second-order valence-electron chi connectivity index (χ2n) is 4.98. The third-order valence-electron chi connectivity index (χ3n) is 3.56. The average Bonchev–Trinajstić information content (AvgIpc) is 2.52. The summed E-state index contributed by atoms with van der Waals surface area (Å²) in [4.78, 5) is 0. The molecule has 4 heteroatoms. The number of rotatable bonds is 6. The largest absolute Gasteiger partial charge is 0.508 e. The lowest BCUT2D eigenvalue weighted by atomic mass is 10.00. The van der Waals surface area contributed by atoms with Crippen molar-refractivity contribution in [3.8, 4) is 5.75 Å². The summed E-state index contributed by atoms with van der Waals surface area (Å²) < 4.78 is 0.927. The van der Waals surface area contributed by atoms with Crippen LogP contribution < -0.4 is 5.32 Å². The van der Waals surface area contributed by atoms with Crippen molar-refractivity contribution in [3.05, 3.63) is 64.1 Å². The van der Waals surface area contributed by atoms with E-state index in [1.54, 1.807) is 6.07 Å². The van der Waals surface area contributed by atoms with Crippen LogP contribution in [0.25, 0.3) is 0 Å². The number of hydrogen-bond acceptors (Lipinski definition) is 3. The Labute approximate surface area is 133 Å². The number of halogens is 1. The van der Waals surface area contributed by atoms with E-state index in [-0.39, 0.29) is 24.4 Å². The van der Waals surface area contributed by atoms with Gasteiger partial charge in [-0.25, -0.2) is 0 Å². The topological polar surface area (TPSA) is 52.5 Å². The number of hydrogen-bond donors (Lipinski definition) is 3. The van der Waals surface area contributed by atoms with Crippen LogP contribution in [-0.4, -0.2) is 16.8 Å². The second-order valence-corrected chi connectivity index (χ2v) is 5.89. The molecule has 3 nitrogen and oxygen atoms in total. The van der Waals surface area contributed by atoms with Crippen molar-refractivity contribution < 1.29 is 10.2 Å². The molecule has 0 amide bonds. The van der Waals surface area contributed by atoms with Crippen molar-refractivity contribution in [2.24, 2.45) is 0 Å². The zero-order valence-corrected chi connectivity index (χ0v) is 13.5. The van der Waals surface area contributed by atoms with Crippen molar-refractivity contribution in [2.75, 3.05) is 6.61 Å². The first-order valence-corrected chi connectivity index (χ1v) is 7.85. The molecule has 21 heavy (non-hydrogen) atoms. The van der Waals surface area contributed by atoms with Crippen LogP contribution >= 0.6 is 15.9 Å². The first-order chi connectivity index (χ1) is 10.2. The first-order valence-electron chi connectivity index (χ1n) is 7.06. The van der Waals surface area contributed by atoms with Crippen LogP contribution in [0.15, 0.2) is 53.0 Å². The summed E-state index contributed by atoms with van der Waals surface area (Å²) in [5.41, 5.74) is 1.87. The van der Waals surface area contributed by atoms with E-state index in [4.69, 9.17) is 0 Å². The molecule has 0 aliphatic rings. The Balaban J connectivity index is 2.23. The summed E-state index contributed by atoms with van der Waals surface area (Å²) in [5, 5.41) is 23.2. The van der Waals surface area contributed by atoms with Gasteiger partial charge < -0.3 is 15.5 Å². The van der Waals surface area contributed by atoms with Crippen molar-refractivity contribution in [2.45, 2.75) is 25.4 Å². The van der Waals surface area contributed by atoms with Gasteiger partial charge in [0.25, 0.3) is 0 Å². The highest BCUT2D eigenvalue weighted by molar-refractivity contribution is 9.10. The van der Waals surface area contributed by atoms with Crippen LogP contribution in [-0.2, 0) is 0 Å². The van der Waals surface area contributed by atoms with Crippen LogP contribution in [0.1, 0.15) is 36.6 Å². The van der Waals surface area contributed by atoms with Gasteiger partial charge in [0, 0.05) is 16.1 Å². The molecule has 0 saturated carbocycles. The van der Waals surface area contributed by atoms with Gasteiger partial charge in [-0.15, -0.1) is 0 Å². The predicted molar refractivity (Wildman–Crippen MR) is 88.2 cm³/mol. The molecule has 0 spiro atoms. The molecular weight excluding hydrogens is 330 g/mol. The van der Waals surface area contributed by atoms with Gasteiger partial charge in [0.15, 0.2) is 0 Å². The number of nitrogens with one attached hydrogen (secondary N) is 1. The number of aliphatic hydroxyl groups excluding tert-OH is 1. The van der Waals surface area contributed by atoms with E-state index in [0.29, 0.717) is 0 Å². The Hall–Kier alpha value is -1.36. The van der Waals surface area contributed by atoms with Crippen LogP contribution in [0, 0.1) is 0 Å². The third kappa shape index (κ3) is 4.06. The minimum Gasteiger partial charge on any atom is -0.508 e. The zero-order chi connectivity index (χ0) is 15.2. The van der Waals surface area contributed by atoms with E-state index in [9.17, 15) is 10.2 Å². The molecule has 0 aliphatic carbocycles. The molecular formula is C17H20BrNO2. The Morgan fingerprint density at radius 1 is 1.10 bits per heavy atom. The van der Waals surface area contributed by atoms with E-state index >= 15 is 0 Å². The molecule has 1 unspecified atom stereocenters. The fraction of sp³-hybridized carbons (Fsp3) is 0.294. The monoisotopic (exact) mass is 349 g/mol. The smallest absolute Gasteiger partial charge is 0.120 e. The van der Waals surface area contributed by atoms with Crippen LogP contribution in [0.3, 0.4) is 0 Å². The lowest BCUT2D eigenvalue weighted by molar-refractivity contribution is 0.231. The SMILES string of the molecule is CCC(N[C@@H](CO)c1ccccc1)c1cc(Br)ccc1O. The van der Waals surface area contributed by atoms with Gasteiger partial charge in [-0.05, 0) is 30.2 Å². The number of benzene rings is 2. The molecule has 3 N–H and O–H groups in total. The third-order valence-corrected chi connectivity index (χ3v) is 4.05. The van der Waals surface area contributed by atoms with Crippen LogP contribution in [0.5, 0.6) is 5.75 Å². The van der Waals surface area contributed by atoms with Gasteiger partial charge in [-0.3, -0.25) is 0 Å². The summed E-state index contributed by atoms with van der Waals surface area (Å²) in [6, 6.07) is 15.1. The number of aromatic hydroxyl groups is 1. The molecule has 0 bridgehead atoms. The molecule has 2 aromatic carbocycles. The van der Waals surface area contributed by atoms with Crippen LogP contribution in [0.4, 0.5) is 0 Å². The van der Waals surface area contributed by atoms with E-state index < -0.39 is 0 Å². The van der Waals surface area contributed by atoms with Crippen LogP contribution in [0.2, 0.25) is 0 Å². The van der Waals surface area contributed by atoms with Gasteiger partial charge in [0.05, 0.1) is 12.6 Å². The summed E-state index contributed by atoms with van der Waals surface area (Å²) >= 11 is 3.43. The molecule has 0 aromatic heterocycles. The van der Waals surface area contributed by atoms with Crippen molar-refractivity contribution in [1.29, 1.82) is 0 Å². The number of phenolic OH excluding ortho intramolecular Hbond substituents is 1. The Bertz CT molecular complexity index is 574. The molecule has 2 atom stereocenters. The minimum absolute atomic E-state index is 0.00920. The lowest BCUT2D eigenvalue weighted by Gasteiger charge is -2.25. The fourth-order valence-corrected chi connectivity index (χ4v) is 2.79. The highest BCUT2D eigenvalue weighted by Crippen LogP contribution is 2.31. The van der Waals surface area contributed by atoms with E-state index in [1.807, 2.05) is 42.5 Å². The molecule has 0 aliphatic heterocycles. The van der Waals surface area contributed by atoms with E-state index in [0.717, 1.165) is 22.0 Å². The van der Waals surface area contributed by atoms with Gasteiger partial charge >= 0.3 is 0 Å². The van der Waals surface area contributed by atoms with Crippen molar-refractivity contribution >= 4 is 15.9 Å². The van der Waals surface area contributed by atoms with Crippen molar-refractivity contribution in [1.82, 2.24) is 5.32 Å². The van der Waals surface area contributed by atoms with Gasteiger partial charge in [-0.2, -0.15) is 0 Å². The maximum Gasteiger partial charge on any atom is 0.120 e. The molecule has 0 heterocycles. The first kappa shape index (κ1) is 16.0. The molecule has 2 aromatic rings. The Morgan fingerprint density at radius 3 is 2.43 bits per heavy atom. The number of aliphatic hydroxyl groups is 1. The zero-order valence-electron chi connectivity index (χ0n) is 12.0. The standard InChI is InChI=1S/C17H20BrNO2/c1-2-15(14-10-13(18)8-9-17(14)21)19-16(11-20)12-6-4-3-5-7-12/h3-10,15-16,19-21H,2,11H2,1H3/t15?,16-/m0/s1. The lowest BCUT2D eigenvalue weighted by Crippen LogP contribution is -2.28. The van der Waals surface area contributed by atoms with Gasteiger partial charge in [0.1, 0.15) is 5.75 Å². The average molecular weight is 350 g/mol. The van der Waals surface area contributed by atoms with Crippen molar-refractivity contribution in [3.63, 3.8) is 0 Å².